The Hall–Kier alpha value is -3.68. The molecule has 0 aliphatic heterocycles. The molecule has 1 aromatic carbocycles. The van der Waals surface area contributed by atoms with Gasteiger partial charge in [-0.1, -0.05) is 32.0 Å². The summed E-state index contributed by atoms with van der Waals surface area (Å²) in [6.07, 6.45) is 3.16. The van der Waals surface area contributed by atoms with Gasteiger partial charge in [0.2, 0.25) is 0 Å². The molecule has 0 atom stereocenters. The van der Waals surface area contributed by atoms with Crippen LogP contribution in [-0.4, -0.2) is 24.1 Å². The van der Waals surface area contributed by atoms with E-state index in [2.05, 4.69) is 20.3 Å². The van der Waals surface area contributed by atoms with Crippen LogP contribution in [0.15, 0.2) is 58.3 Å². The zero-order chi connectivity index (χ0) is 21.1. The number of nitrogens with one attached hydrogen (secondary N) is 2. The van der Waals surface area contributed by atoms with Crippen LogP contribution in [0.3, 0.4) is 0 Å². The molecular formula is C22H24N6O2. The zero-order valence-corrected chi connectivity index (χ0v) is 17.1. The molecule has 30 heavy (non-hydrogen) atoms. The third kappa shape index (κ3) is 3.63. The second kappa shape index (κ2) is 8.36. The van der Waals surface area contributed by atoms with Crippen LogP contribution < -0.4 is 16.6 Å². The maximum absolute atomic E-state index is 12.9. The van der Waals surface area contributed by atoms with Crippen molar-refractivity contribution in [1.29, 1.82) is 0 Å². The topological polar surface area (TPSA) is 97.6 Å². The van der Waals surface area contributed by atoms with E-state index in [1.165, 1.54) is 4.57 Å². The lowest BCUT2D eigenvalue weighted by molar-refractivity contribution is 0.555. The second-order valence-corrected chi connectivity index (χ2v) is 7.10. The maximum Gasteiger partial charge on any atom is 0.332 e. The molecule has 3 heterocycles. The summed E-state index contributed by atoms with van der Waals surface area (Å²) in [5, 5.41) is 3.23. The molecule has 0 saturated carbocycles. The van der Waals surface area contributed by atoms with Gasteiger partial charge in [-0.2, -0.15) is 0 Å². The minimum atomic E-state index is -0.335. The number of aromatic amines is 1. The van der Waals surface area contributed by atoms with Gasteiger partial charge < -0.3 is 10.3 Å². The molecule has 0 saturated heterocycles. The molecule has 2 N–H and O–H groups in total. The maximum atomic E-state index is 12.9. The summed E-state index contributed by atoms with van der Waals surface area (Å²) < 4.78 is 2.86. The van der Waals surface area contributed by atoms with Crippen LogP contribution in [-0.2, 0) is 13.1 Å². The fourth-order valence-electron chi connectivity index (χ4n) is 3.43. The van der Waals surface area contributed by atoms with Gasteiger partial charge in [-0.3, -0.25) is 13.9 Å². The molecule has 8 nitrogen and oxygen atoms in total. The number of fused-ring (bicyclic) bond motifs is 1. The molecule has 0 amide bonds. The van der Waals surface area contributed by atoms with Crippen molar-refractivity contribution in [1.82, 2.24) is 24.1 Å². The molecule has 8 heteroatoms. The first-order chi connectivity index (χ1) is 14.6. The third-order valence-electron chi connectivity index (χ3n) is 4.84. The molecule has 3 aromatic heterocycles. The molecule has 154 valence electrons. The Labute approximate surface area is 173 Å². The van der Waals surface area contributed by atoms with Crippen molar-refractivity contribution in [3.8, 4) is 11.4 Å². The lowest BCUT2D eigenvalue weighted by atomic mass is 10.2. The number of benzene rings is 1. The van der Waals surface area contributed by atoms with Crippen LogP contribution in [0.5, 0.6) is 0 Å². The lowest BCUT2D eigenvalue weighted by Gasteiger charge is -2.09. The number of rotatable bonds is 7. The highest BCUT2D eigenvalue weighted by Crippen LogP contribution is 2.20. The van der Waals surface area contributed by atoms with Crippen LogP contribution in [0.2, 0.25) is 0 Å². The van der Waals surface area contributed by atoms with Crippen molar-refractivity contribution in [2.75, 3.05) is 5.32 Å². The van der Waals surface area contributed by atoms with E-state index in [4.69, 9.17) is 0 Å². The average Bonchev–Trinajstić information content (AvgIpc) is 3.21. The first kappa shape index (κ1) is 19.6. The number of para-hydroxylation sites is 1. The van der Waals surface area contributed by atoms with Gasteiger partial charge in [0.25, 0.3) is 5.56 Å². The van der Waals surface area contributed by atoms with E-state index in [1.807, 2.05) is 56.3 Å². The van der Waals surface area contributed by atoms with E-state index < -0.39 is 0 Å². The van der Waals surface area contributed by atoms with E-state index in [1.54, 1.807) is 10.8 Å². The molecule has 0 aliphatic rings. The minimum absolute atomic E-state index is 0.310. The normalized spacial score (nSPS) is 11.1. The number of nitrogens with zero attached hydrogens (tertiary/aromatic N) is 4. The predicted octanol–water partition coefficient (Wildman–Crippen LogP) is 3.51. The van der Waals surface area contributed by atoms with Crippen molar-refractivity contribution in [2.24, 2.45) is 0 Å². The molecular weight excluding hydrogens is 380 g/mol. The highest BCUT2D eigenvalue weighted by molar-refractivity contribution is 5.75. The summed E-state index contributed by atoms with van der Waals surface area (Å²) in [7, 11) is 0. The van der Waals surface area contributed by atoms with E-state index in [0.29, 0.717) is 42.3 Å². The van der Waals surface area contributed by atoms with Crippen molar-refractivity contribution >= 4 is 22.7 Å². The summed E-state index contributed by atoms with van der Waals surface area (Å²) in [6.45, 7) is 4.81. The number of aryl methyl sites for hydroxylation is 1. The highest BCUT2D eigenvalue weighted by Gasteiger charge is 2.17. The van der Waals surface area contributed by atoms with Gasteiger partial charge >= 0.3 is 5.69 Å². The molecule has 0 aliphatic carbocycles. The van der Waals surface area contributed by atoms with Crippen molar-refractivity contribution in [3.63, 3.8) is 0 Å². The minimum Gasteiger partial charge on any atom is -0.340 e. The standard InChI is InChI=1S/C22H24N6O2/c1-3-12-27-20-18(21(29)28(13-4-2)22(27)30)25-19(26-20)15-10-11-17(23-14-15)24-16-8-6-5-7-9-16/h5-11,14H,3-4,12-13H2,1-2H3,(H,23,24)(H,25,26). The number of imidazole rings is 1. The molecule has 0 radical (unpaired) electrons. The van der Waals surface area contributed by atoms with E-state index >= 15 is 0 Å². The lowest BCUT2D eigenvalue weighted by Crippen LogP contribution is -2.40. The van der Waals surface area contributed by atoms with Gasteiger partial charge in [-0.05, 0) is 37.1 Å². The summed E-state index contributed by atoms with van der Waals surface area (Å²) in [5.74, 6) is 1.22. The fourth-order valence-corrected chi connectivity index (χ4v) is 3.43. The van der Waals surface area contributed by atoms with Crippen molar-refractivity contribution in [3.05, 3.63) is 69.5 Å². The molecule has 4 aromatic rings. The summed E-state index contributed by atoms with van der Waals surface area (Å²) in [6, 6.07) is 13.5. The van der Waals surface area contributed by atoms with Crippen molar-refractivity contribution in [2.45, 2.75) is 39.8 Å². The highest BCUT2D eigenvalue weighted by atomic mass is 16.2. The number of H-pyrrole nitrogens is 1. The second-order valence-electron chi connectivity index (χ2n) is 7.10. The number of aromatic nitrogens is 5. The Kier molecular flexibility index (Phi) is 5.47. The zero-order valence-electron chi connectivity index (χ0n) is 17.1. The Bertz CT molecular complexity index is 1270. The average molecular weight is 404 g/mol. The molecule has 0 fully saturated rings. The van der Waals surface area contributed by atoms with Gasteiger partial charge in [0.05, 0.1) is 0 Å². The third-order valence-corrected chi connectivity index (χ3v) is 4.84. The van der Waals surface area contributed by atoms with E-state index in [-0.39, 0.29) is 11.2 Å². The summed E-state index contributed by atoms with van der Waals surface area (Å²) in [4.78, 5) is 37.8. The largest absolute Gasteiger partial charge is 0.340 e. The van der Waals surface area contributed by atoms with Gasteiger partial charge in [-0.25, -0.2) is 14.8 Å². The van der Waals surface area contributed by atoms with Crippen LogP contribution in [0.1, 0.15) is 26.7 Å². The van der Waals surface area contributed by atoms with Gasteiger partial charge in [0, 0.05) is 30.5 Å². The predicted molar refractivity (Wildman–Crippen MR) is 118 cm³/mol. The Morgan fingerprint density at radius 1 is 0.967 bits per heavy atom. The van der Waals surface area contributed by atoms with Gasteiger partial charge in [-0.15, -0.1) is 0 Å². The molecule has 0 bridgehead atoms. The Balaban J connectivity index is 1.74. The quantitative estimate of drug-likeness (QED) is 0.491. The van der Waals surface area contributed by atoms with Crippen LogP contribution in [0.25, 0.3) is 22.6 Å². The smallest absolute Gasteiger partial charge is 0.332 e. The Morgan fingerprint density at radius 2 is 1.70 bits per heavy atom. The van der Waals surface area contributed by atoms with Crippen molar-refractivity contribution < 1.29 is 0 Å². The molecule has 4 rings (SSSR count). The molecule has 0 unspecified atom stereocenters. The summed E-state index contributed by atoms with van der Waals surface area (Å²) in [5.41, 5.74) is 1.77. The number of hydrogen-bond acceptors (Lipinski definition) is 5. The number of anilines is 2. The first-order valence-electron chi connectivity index (χ1n) is 10.1. The summed E-state index contributed by atoms with van der Waals surface area (Å²) >= 11 is 0. The van der Waals surface area contributed by atoms with Crippen LogP contribution in [0, 0.1) is 0 Å². The number of hydrogen-bond donors (Lipinski definition) is 2. The first-order valence-corrected chi connectivity index (χ1v) is 10.1. The van der Waals surface area contributed by atoms with E-state index in [9.17, 15) is 9.59 Å². The monoisotopic (exact) mass is 404 g/mol. The van der Waals surface area contributed by atoms with E-state index in [0.717, 1.165) is 17.7 Å². The van der Waals surface area contributed by atoms with Gasteiger partial charge in [0.15, 0.2) is 5.65 Å². The van der Waals surface area contributed by atoms with Gasteiger partial charge in [0.1, 0.15) is 17.2 Å². The Morgan fingerprint density at radius 3 is 2.37 bits per heavy atom. The van der Waals surface area contributed by atoms with Crippen LogP contribution >= 0.6 is 0 Å². The fraction of sp³-hybridized carbons (Fsp3) is 0.273. The molecule has 0 spiro atoms. The SMILES string of the molecule is CCCn1c(=O)c2[nH]c(-c3ccc(Nc4ccccc4)nc3)nc2n(CCC)c1=O. The number of pyridine rings is 1. The van der Waals surface area contributed by atoms with Crippen LogP contribution in [0.4, 0.5) is 11.5 Å².